The van der Waals surface area contributed by atoms with E-state index in [0.717, 1.165) is 37.3 Å². The lowest BCUT2D eigenvalue weighted by Crippen LogP contribution is -2.45. The zero-order chi connectivity index (χ0) is 28.9. The number of aromatic nitrogens is 3. The van der Waals surface area contributed by atoms with Crippen LogP contribution in [0.25, 0.3) is 0 Å². The topological polar surface area (TPSA) is 136 Å². The smallest absolute Gasteiger partial charge is 0.229 e. The maximum atomic E-state index is 12.8. The van der Waals surface area contributed by atoms with Crippen molar-refractivity contribution >= 4 is 50.3 Å². The lowest BCUT2D eigenvalue weighted by molar-refractivity contribution is 0.0926. The summed E-state index contributed by atoms with van der Waals surface area (Å²) in [5, 5.41) is 19.3. The highest BCUT2D eigenvalue weighted by Crippen LogP contribution is 2.29. The third-order valence-electron chi connectivity index (χ3n) is 6.85. The Bertz CT molecular complexity index is 1380. The number of likely N-dealkylation sites (tertiary alicyclic amines) is 1. The second-order valence-corrected chi connectivity index (χ2v) is 13.1. The van der Waals surface area contributed by atoms with Gasteiger partial charge in [-0.25, -0.2) is 18.4 Å². The Morgan fingerprint density at radius 2 is 1.75 bits per heavy atom. The van der Waals surface area contributed by atoms with Crippen LogP contribution >= 0.6 is 11.6 Å². The van der Waals surface area contributed by atoms with E-state index >= 15 is 0 Å². The Morgan fingerprint density at radius 3 is 2.40 bits per heavy atom. The highest BCUT2D eigenvalue weighted by Gasteiger charge is 2.25. The summed E-state index contributed by atoms with van der Waals surface area (Å²) in [6, 6.07) is 11.3. The molecular weight excluding hydrogens is 552 g/mol. The van der Waals surface area contributed by atoms with Crippen LogP contribution in [0.4, 0.5) is 28.8 Å². The third kappa shape index (κ3) is 7.58. The highest BCUT2D eigenvalue weighted by atomic mass is 35.5. The van der Waals surface area contributed by atoms with E-state index in [1.807, 2.05) is 24.3 Å². The summed E-state index contributed by atoms with van der Waals surface area (Å²) in [6.07, 6.45) is 4.38. The van der Waals surface area contributed by atoms with Gasteiger partial charge < -0.3 is 26.0 Å². The molecule has 0 radical (unpaired) electrons. The van der Waals surface area contributed by atoms with Gasteiger partial charge in [-0.15, -0.1) is 0 Å². The third-order valence-corrected chi connectivity index (χ3v) is 9.23. The molecule has 0 saturated carbocycles. The van der Waals surface area contributed by atoms with Crippen molar-refractivity contribution in [3.63, 3.8) is 0 Å². The number of nitrogens with zero attached hydrogens (tertiary/aromatic N) is 5. The number of piperidine rings is 1. The Labute approximate surface area is 240 Å². The number of hydrogen-bond donors (Lipinski definition) is 4. The van der Waals surface area contributed by atoms with Crippen molar-refractivity contribution in [2.24, 2.45) is 0 Å². The Morgan fingerprint density at radius 1 is 1.07 bits per heavy atom. The molecule has 1 atom stereocenters. The predicted octanol–water partition coefficient (Wildman–Crippen LogP) is 3.95. The summed E-state index contributed by atoms with van der Waals surface area (Å²) in [4.78, 5) is 17.3. The van der Waals surface area contributed by atoms with E-state index in [1.165, 1.54) is 12.4 Å². The van der Waals surface area contributed by atoms with Gasteiger partial charge in [-0.05, 0) is 90.3 Å². The summed E-state index contributed by atoms with van der Waals surface area (Å²) in [7, 11) is 0.601. The molecule has 216 valence electrons. The number of rotatable bonds is 11. The molecule has 1 aliphatic heterocycles. The van der Waals surface area contributed by atoms with E-state index < -0.39 is 21.3 Å². The van der Waals surface area contributed by atoms with Gasteiger partial charge in [0.1, 0.15) is 11.3 Å². The second-order valence-electron chi connectivity index (χ2n) is 10.3. The van der Waals surface area contributed by atoms with Gasteiger partial charge in [0.05, 0.1) is 17.1 Å². The first kappa shape index (κ1) is 29.9. The number of aliphatic hydroxyl groups excluding tert-OH is 1. The molecule has 40 heavy (non-hydrogen) atoms. The summed E-state index contributed by atoms with van der Waals surface area (Å²) in [5.74, 6) is 0.509. The van der Waals surface area contributed by atoms with Crippen LogP contribution in [0.1, 0.15) is 26.7 Å². The van der Waals surface area contributed by atoms with Crippen LogP contribution in [0, 0.1) is 0 Å². The van der Waals surface area contributed by atoms with Crippen molar-refractivity contribution < 1.29 is 13.5 Å². The van der Waals surface area contributed by atoms with Crippen LogP contribution in [0.5, 0.6) is 0 Å². The van der Waals surface area contributed by atoms with Crippen LogP contribution < -0.4 is 16.0 Å². The Kier molecular flexibility index (Phi) is 9.80. The number of pyridine rings is 1. The molecule has 1 saturated heterocycles. The molecule has 2 aromatic heterocycles. The van der Waals surface area contributed by atoms with Crippen LogP contribution in [0.2, 0.25) is 5.02 Å². The molecule has 0 aliphatic carbocycles. The van der Waals surface area contributed by atoms with Gasteiger partial charge in [0, 0.05) is 30.2 Å². The van der Waals surface area contributed by atoms with Crippen LogP contribution in [0.3, 0.4) is 0 Å². The van der Waals surface area contributed by atoms with Gasteiger partial charge in [0.2, 0.25) is 5.95 Å². The molecule has 0 spiro atoms. The van der Waals surface area contributed by atoms with Crippen molar-refractivity contribution in [1.82, 2.24) is 24.8 Å². The normalized spacial score (nSPS) is 15.8. The van der Waals surface area contributed by atoms with Gasteiger partial charge in [-0.2, -0.15) is 4.98 Å². The van der Waals surface area contributed by atoms with E-state index in [4.69, 9.17) is 11.6 Å². The van der Waals surface area contributed by atoms with Gasteiger partial charge in [-0.3, -0.25) is 4.90 Å². The monoisotopic (exact) mass is 588 g/mol. The van der Waals surface area contributed by atoms with Crippen LogP contribution in [-0.2, 0) is 9.84 Å². The summed E-state index contributed by atoms with van der Waals surface area (Å²) < 4.78 is 25.5. The largest absolute Gasteiger partial charge is 0.372 e. The number of anilines is 5. The van der Waals surface area contributed by atoms with Gasteiger partial charge in [0.25, 0.3) is 0 Å². The van der Waals surface area contributed by atoms with E-state index in [2.05, 4.69) is 54.8 Å². The minimum atomic E-state index is -3.63. The zero-order valence-electron chi connectivity index (χ0n) is 23.2. The first-order chi connectivity index (χ1) is 19.0. The minimum absolute atomic E-state index is 0.0718. The second kappa shape index (κ2) is 13.1. The molecule has 3 heterocycles. The number of sulfone groups is 1. The minimum Gasteiger partial charge on any atom is -0.372 e. The molecule has 4 rings (SSSR count). The van der Waals surface area contributed by atoms with E-state index in [-0.39, 0.29) is 27.5 Å². The maximum absolute atomic E-state index is 12.8. The van der Waals surface area contributed by atoms with Crippen molar-refractivity contribution in [3.05, 3.63) is 53.8 Å². The molecule has 11 nitrogen and oxygen atoms in total. The number of nitrogens with one attached hydrogen (secondary N) is 3. The number of benzene rings is 1. The summed E-state index contributed by atoms with van der Waals surface area (Å²) in [6.45, 7) is 5.70. The van der Waals surface area contributed by atoms with Gasteiger partial charge in [-0.1, -0.05) is 11.6 Å². The fourth-order valence-electron chi connectivity index (χ4n) is 4.46. The van der Waals surface area contributed by atoms with Crippen LogP contribution in [-0.4, -0.2) is 89.5 Å². The number of β-amino-alcohol motifs (C(OH)–C–C–N with tert-alkyl or cyclic N) is 1. The fourth-order valence-corrected chi connectivity index (χ4v) is 5.68. The average Bonchev–Trinajstić information content (AvgIpc) is 2.92. The molecule has 13 heteroatoms. The van der Waals surface area contributed by atoms with E-state index in [0.29, 0.717) is 12.6 Å². The number of hydrogen-bond acceptors (Lipinski definition) is 11. The van der Waals surface area contributed by atoms with E-state index in [1.54, 1.807) is 26.0 Å². The zero-order valence-corrected chi connectivity index (χ0v) is 24.7. The van der Waals surface area contributed by atoms with E-state index in [9.17, 15) is 13.5 Å². The SMILES string of the molecule is CC(C)S(=O)(=O)c1ncccc1Nc1nc(Nc2ccc(NC(O)CN3CCC(N(C)C)CC3)cc2)ncc1Cl. The lowest BCUT2D eigenvalue weighted by Gasteiger charge is -2.36. The van der Waals surface area contributed by atoms with Crippen molar-refractivity contribution in [2.75, 3.05) is 49.7 Å². The molecule has 0 amide bonds. The highest BCUT2D eigenvalue weighted by molar-refractivity contribution is 7.92. The number of halogens is 1. The standard InChI is InChI=1S/C27H37ClN8O3S/c1-18(2)40(38,39)26-23(6-5-13-29-26)33-25-22(28)16-30-27(34-25)32-20-9-7-19(8-10-20)31-24(37)17-36-14-11-21(12-15-36)35(3)4/h5-10,13,16,18,21,24,31,37H,11-12,14-15,17H2,1-4H3,(H2,30,32,33,34). The maximum Gasteiger partial charge on any atom is 0.229 e. The average molecular weight is 589 g/mol. The summed E-state index contributed by atoms with van der Waals surface area (Å²) in [5.41, 5.74) is 1.79. The fraction of sp³-hybridized carbons (Fsp3) is 0.444. The summed E-state index contributed by atoms with van der Waals surface area (Å²) >= 11 is 6.32. The van der Waals surface area contributed by atoms with Gasteiger partial charge >= 0.3 is 0 Å². The first-order valence-electron chi connectivity index (χ1n) is 13.2. The van der Waals surface area contributed by atoms with Gasteiger partial charge in [0.15, 0.2) is 20.7 Å². The molecule has 1 aromatic carbocycles. The molecule has 1 unspecified atom stereocenters. The molecule has 3 aromatic rings. The van der Waals surface area contributed by atoms with Crippen molar-refractivity contribution in [3.8, 4) is 0 Å². The Hall–Kier alpha value is -3.03. The first-order valence-corrected chi connectivity index (χ1v) is 15.1. The lowest BCUT2D eigenvalue weighted by atomic mass is 10.0. The molecule has 0 bridgehead atoms. The number of aliphatic hydroxyl groups is 1. The predicted molar refractivity (Wildman–Crippen MR) is 159 cm³/mol. The molecule has 1 aliphatic rings. The quantitative estimate of drug-likeness (QED) is 0.242. The Balaban J connectivity index is 1.37. The van der Waals surface area contributed by atoms with Crippen molar-refractivity contribution in [2.45, 2.75) is 49.2 Å². The molecule has 1 fully saturated rings. The van der Waals surface area contributed by atoms with Crippen molar-refractivity contribution in [1.29, 1.82) is 0 Å². The van der Waals surface area contributed by atoms with Crippen LogP contribution in [0.15, 0.2) is 53.8 Å². The molecular formula is C27H37ClN8O3S. The molecule has 4 N–H and O–H groups in total.